The molecule has 0 amide bonds. The Balaban J connectivity index is 1.84. The molecule has 0 saturated carbocycles. The number of hydrogen-bond acceptors (Lipinski definition) is 4. The van der Waals surface area contributed by atoms with Crippen LogP contribution in [0.5, 0.6) is 0 Å². The molecule has 0 saturated heterocycles. The number of rotatable bonds is 6. The summed E-state index contributed by atoms with van der Waals surface area (Å²) in [5.74, 6) is 0.766. The molecule has 2 aromatic carbocycles. The molecule has 0 aliphatic heterocycles. The molecule has 0 unspecified atom stereocenters. The van der Waals surface area contributed by atoms with E-state index in [1.54, 1.807) is 37.4 Å². The Labute approximate surface area is 160 Å². The molecule has 0 radical (unpaired) electrons. The Hall–Kier alpha value is -2.86. The van der Waals surface area contributed by atoms with Crippen LogP contribution in [0.15, 0.2) is 71.8 Å². The largest absolute Gasteiger partial charge is 0.327 e. The number of aromatic nitrogens is 1. The lowest BCUT2D eigenvalue weighted by Crippen LogP contribution is -2.18. The van der Waals surface area contributed by atoms with Gasteiger partial charge in [0.15, 0.2) is 0 Å². The molecule has 3 rings (SSSR count). The molecule has 0 fully saturated rings. The number of nitrogens with one attached hydrogen (secondary N) is 1. The van der Waals surface area contributed by atoms with Gasteiger partial charge in [0.25, 0.3) is 10.0 Å². The normalized spacial score (nSPS) is 11.2. The van der Waals surface area contributed by atoms with Crippen LogP contribution < -0.4 is 9.62 Å². The lowest BCUT2D eigenvalue weighted by atomic mass is 10.2. The first-order valence-corrected chi connectivity index (χ1v) is 10.3. The number of benzene rings is 2. The predicted octanol–water partition coefficient (Wildman–Crippen LogP) is 4.66. The molecule has 0 aliphatic carbocycles. The monoisotopic (exact) mass is 381 g/mol. The standard InChI is InChI=1S/C21H23N3O2S/c1-4-24(19-10-7-8-16(2)14-19)21-13-12-18(15-22-21)23-27(25,26)20-11-6-5-9-17(20)3/h5-15,23H,4H2,1-3H3. The summed E-state index contributed by atoms with van der Waals surface area (Å²) in [6.07, 6.45) is 1.55. The maximum Gasteiger partial charge on any atom is 0.262 e. The molecule has 27 heavy (non-hydrogen) atoms. The van der Waals surface area contributed by atoms with Crippen LogP contribution in [0.25, 0.3) is 0 Å². The number of nitrogens with zero attached hydrogens (tertiary/aromatic N) is 2. The van der Waals surface area contributed by atoms with Crippen molar-refractivity contribution in [3.05, 3.63) is 78.0 Å². The van der Waals surface area contributed by atoms with Crippen molar-refractivity contribution in [1.82, 2.24) is 4.98 Å². The van der Waals surface area contributed by atoms with Crippen molar-refractivity contribution in [2.75, 3.05) is 16.2 Å². The molecule has 0 spiro atoms. The second kappa shape index (κ2) is 7.80. The quantitative estimate of drug-likeness (QED) is 0.675. The number of hydrogen-bond donors (Lipinski definition) is 1. The Morgan fingerprint density at radius 3 is 2.41 bits per heavy atom. The molecule has 3 aromatic rings. The maximum absolute atomic E-state index is 12.6. The smallest absolute Gasteiger partial charge is 0.262 e. The molecular weight excluding hydrogens is 358 g/mol. The van der Waals surface area contributed by atoms with Gasteiger partial charge in [-0.05, 0) is 62.2 Å². The van der Waals surface area contributed by atoms with E-state index in [0.717, 1.165) is 18.1 Å². The van der Waals surface area contributed by atoms with Crippen molar-refractivity contribution in [2.24, 2.45) is 0 Å². The van der Waals surface area contributed by atoms with E-state index in [4.69, 9.17) is 0 Å². The van der Waals surface area contributed by atoms with Gasteiger partial charge in [0.05, 0.1) is 16.8 Å². The lowest BCUT2D eigenvalue weighted by Gasteiger charge is -2.22. The van der Waals surface area contributed by atoms with Gasteiger partial charge in [-0.3, -0.25) is 4.72 Å². The van der Waals surface area contributed by atoms with Gasteiger partial charge in [-0.15, -0.1) is 0 Å². The van der Waals surface area contributed by atoms with E-state index in [1.807, 2.05) is 37.3 Å². The van der Waals surface area contributed by atoms with Crippen LogP contribution >= 0.6 is 0 Å². The zero-order chi connectivity index (χ0) is 19.4. The van der Waals surface area contributed by atoms with Gasteiger partial charge >= 0.3 is 0 Å². The molecule has 6 heteroatoms. The topological polar surface area (TPSA) is 62.3 Å². The Bertz CT molecular complexity index is 1030. The van der Waals surface area contributed by atoms with Crippen molar-refractivity contribution in [3.8, 4) is 0 Å². The summed E-state index contributed by atoms with van der Waals surface area (Å²) in [5, 5.41) is 0. The van der Waals surface area contributed by atoms with Crippen LogP contribution in [0, 0.1) is 13.8 Å². The van der Waals surface area contributed by atoms with Gasteiger partial charge in [-0.25, -0.2) is 13.4 Å². The van der Waals surface area contributed by atoms with Gasteiger partial charge < -0.3 is 4.90 Å². The van der Waals surface area contributed by atoms with E-state index < -0.39 is 10.0 Å². The van der Waals surface area contributed by atoms with Crippen LogP contribution in [-0.4, -0.2) is 19.9 Å². The minimum Gasteiger partial charge on any atom is -0.327 e. The third-order valence-electron chi connectivity index (χ3n) is 4.29. The summed E-state index contributed by atoms with van der Waals surface area (Å²) in [5.41, 5.74) is 3.36. The highest BCUT2D eigenvalue weighted by Gasteiger charge is 2.17. The average molecular weight is 382 g/mol. The average Bonchev–Trinajstić information content (AvgIpc) is 2.64. The lowest BCUT2D eigenvalue weighted by molar-refractivity contribution is 0.600. The Morgan fingerprint density at radius 1 is 1.00 bits per heavy atom. The second-order valence-corrected chi connectivity index (χ2v) is 8.01. The first-order chi connectivity index (χ1) is 12.9. The highest BCUT2D eigenvalue weighted by Crippen LogP contribution is 2.26. The minimum atomic E-state index is -3.64. The van der Waals surface area contributed by atoms with Gasteiger partial charge in [0.2, 0.25) is 0 Å². The molecule has 1 aromatic heterocycles. The second-order valence-electron chi connectivity index (χ2n) is 6.36. The van der Waals surface area contributed by atoms with E-state index in [-0.39, 0.29) is 4.90 Å². The maximum atomic E-state index is 12.6. The fourth-order valence-corrected chi connectivity index (χ4v) is 4.24. The number of sulfonamides is 1. The molecular formula is C21H23N3O2S. The first kappa shape index (κ1) is 18.9. The zero-order valence-electron chi connectivity index (χ0n) is 15.7. The summed E-state index contributed by atoms with van der Waals surface area (Å²) in [4.78, 5) is 6.80. The van der Waals surface area contributed by atoms with Crippen LogP contribution in [0.1, 0.15) is 18.1 Å². The van der Waals surface area contributed by atoms with Crippen molar-refractivity contribution < 1.29 is 8.42 Å². The molecule has 140 valence electrons. The Morgan fingerprint density at radius 2 is 1.78 bits per heavy atom. The van der Waals surface area contributed by atoms with Gasteiger partial charge in [0, 0.05) is 12.2 Å². The van der Waals surface area contributed by atoms with Crippen molar-refractivity contribution >= 4 is 27.2 Å². The summed E-state index contributed by atoms with van der Waals surface area (Å²) < 4.78 is 27.8. The molecule has 0 aliphatic rings. The van der Waals surface area contributed by atoms with E-state index >= 15 is 0 Å². The highest BCUT2D eigenvalue weighted by molar-refractivity contribution is 7.92. The summed E-state index contributed by atoms with van der Waals surface area (Å²) in [6.45, 7) is 6.63. The molecule has 1 heterocycles. The van der Waals surface area contributed by atoms with E-state index in [1.165, 1.54) is 5.56 Å². The molecule has 1 N–H and O–H groups in total. The van der Waals surface area contributed by atoms with E-state index in [2.05, 4.69) is 27.6 Å². The summed E-state index contributed by atoms with van der Waals surface area (Å²) >= 11 is 0. The summed E-state index contributed by atoms with van der Waals surface area (Å²) in [7, 11) is -3.64. The number of anilines is 3. The van der Waals surface area contributed by atoms with Crippen LogP contribution in [-0.2, 0) is 10.0 Å². The Kier molecular flexibility index (Phi) is 5.46. The fraction of sp³-hybridized carbons (Fsp3) is 0.190. The number of pyridine rings is 1. The van der Waals surface area contributed by atoms with Crippen LogP contribution in [0.2, 0.25) is 0 Å². The third-order valence-corrected chi connectivity index (χ3v) is 5.83. The van der Waals surface area contributed by atoms with Gasteiger partial charge in [0.1, 0.15) is 5.82 Å². The van der Waals surface area contributed by atoms with Crippen LogP contribution in [0.3, 0.4) is 0 Å². The van der Waals surface area contributed by atoms with Crippen molar-refractivity contribution in [1.29, 1.82) is 0 Å². The van der Waals surface area contributed by atoms with Crippen LogP contribution in [0.4, 0.5) is 17.2 Å². The number of aryl methyl sites for hydroxylation is 2. The highest BCUT2D eigenvalue weighted by atomic mass is 32.2. The third kappa shape index (κ3) is 4.28. The molecule has 0 atom stereocenters. The van der Waals surface area contributed by atoms with Crippen molar-refractivity contribution in [2.45, 2.75) is 25.7 Å². The van der Waals surface area contributed by atoms with E-state index in [9.17, 15) is 8.42 Å². The van der Waals surface area contributed by atoms with E-state index in [0.29, 0.717) is 11.3 Å². The van der Waals surface area contributed by atoms with Crippen molar-refractivity contribution in [3.63, 3.8) is 0 Å². The minimum absolute atomic E-state index is 0.268. The fourth-order valence-electron chi connectivity index (χ4n) is 2.95. The van der Waals surface area contributed by atoms with Gasteiger partial charge in [-0.2, -0.15) is 0 Å². The molecule has 0 bridgehead atoms. The zero-order valence-corrected chi connectivity index (χ0v) is 16.5. The van der Waals surface area contributed by atoms with Gasteiger partial charge in [-0.1, -0.05) is 30.3 Å². The molecule has 5 nitrogen and oxygen atoms in total. The summed E-state index contributed by atoms with van der Waals surface area (Å²) in [6, 6.07) is 18.6. The SMILES string of the molecule is CCN(c1cccc(C)c1)c1ccc(NS(=O)(=O)c2ccccc2C)cn1. The first-order valence-electron chi connectivity index (χ1n) is 8.79. The predicted molar refractivity (Wildman–Crippen MR) is 110 cm³/mol.